The summed E-state index contributed by atoms with van der Waals surface area (Å²) >= 11 is 0. The van der Waals surface area contributed by atoms with Crippen LogP contribution in [0.3, 0.4) is 0 Å². The van der Waals surface area contributed by atoms with E-state index in [4.69, 9.17) is 4.74 Å². The van der Waals surface area contributed by atoms with Gasteiger partial charge in [0, 0.05) is 12.1 Å². The van der Waals surface area contributed by atoms with Gasteiger partial charge in [0.2, 0.25) is 0 Å². The normalized spacial score (nSPS) is 19.9. The lowest BCUT2D eigenvalue weighted by atomic mass is 9.92. The van der Waals surface area contributed by atoms with Crippen LogP contribution in [0.2, 0.25) is 0 Å². The number of nitrogens with one attached hydrogen (secondary N) is 1. The number of aryl methyl sites for hydroxylation is 1. The van der Waals surface area contributed by atoms with Crippen LogP contribution >= 0.6 is 0 Å². The third-order valence-corrected chi connectivity index (χ3v) is 4.53. The number of hydrogen-bond acceptors (Lipinski definition) is 4. The highest BCUT2D eigenvalue weighted by atomic mass is 16.5. The van der Waals surface area contributed by atoms with Crippen LogP contribution in [0.25, 0.3) is 0 Å². The van der Waals surface area contributed by atoms with Crippen LogP contribution in [0.15, 0.2) is 42.5 Å². The van der Waals surface area contributed by atoms with Crippen molar-refractivity contribution < 1.29 is 14.9 Å². The Hall–Kier alpha value is -2.04. The minimum absolute atomic E-state index is 0.0365. The van der Waals surface area contributed by atoms with Crippen LogP contribution in [0.4, 0.5) is 0 Å². The summed E-state index contributed by atoms with van der Waals surface area (Å²) in [7, 11) is 1.60. The number of methoxy groups -OCH3 is 1. The number of aliphatic hydroxyl groups excluding tert-OH is 1. The molecule has 0 amide bonds. The van der Waals surface area contributed by atoms with Crippen molar-refractivity contribution in [3.63, 3.8) is 0 Å². The molecule has 0 saturated heterocycles. The smallest absolute Gasteiger partial charge is 0.120 e. The quantitative estimate of drug-likeness (QED) is 0.793. The monoisotopic (exact) mass is 299 g/mol. The van der Waals surface area contributed by atoms with Gasteiger partial charge in [0.1, 0.15) is 11.5 Å². The molecule has 1 aliphatic rings. The van der Waals surface area contributed by atoms with Gasteiger partial charge in [-0.05, 0) is 42.2 Å². The SMILES string of the molecule is COc1ccc(O)c(CNC2(CO)CCc3ccccc32)c1. The molecule has 1 aliphatic carbocycles. The van der Waals surface area contributed by atoms with Crippen molar-refractivity contribution in [2.45, 2.75) is 24.9 Å². The van der Waals surface area contributed by atoms with Crippen molar-refractivity contribution in [3.8, 4) is 11.5 Å². The molecule has 0 saturated carbocycles. The minimum Gasteiger partial charge on any atom is -0.508 e. The van der Waals surface area contributed by atoms with Crippen LogP contribution in [0.5, 0.6) is 11.5 Å². The van der Waals surface area contributed by atoms with E-state index in [1.54, 1.807) is 19.2 Å². The maximum absolute atomic E-state index is 10.00. The van der Waals surface area contributed by atoms with Gasteiger partial charge in [-0.15, -0.1) is 0 Å². The molecule has 22 heavy (non-hydrogen) atoms. The Balaban J connectivity index is 1.84. The number of rotatable bonds is 5. The first kappa shape index (κ1) is 14.9. The molecule has 0 radical (unpaired) electrons. The third kappa shape index (κ3) is 2.56. The molecule has 116 valence electrons. The van der Waals surface area contributed by atoms with Gasteiger partial charge in [-0.3, -0.25) is 0 Å². The highest BCUT2D eigenvalue weighted by Crippen LogP contribution is 2.37. The number of hydrogen-bond donors (Lipinski definition) is 3. The van der Waals surface area contributed by atoms with Gasteiger partial charge in [-0.1, -0.05) is 24.3 Å². The first-order chi connectivity index (χ1) is 10.7. The zero-order chi connectivity index (χ0) is 15.6. The van der Waals surface area contributed by atoms with E-state index in [1.807, 2.05) is 18.2 Å². The van der Waals surface area contributed by atoms with E-state index >= 15 is 0 Å². The second-order valence-electron chi connectivity index (χ2n) is 5.75. The molecule has 2 aromatic rings. The van der Waals surface area contributed by atoms with E-state index in [9.17, 15) is 10.2 Å². The summed E-state index contributed by atoms with van der Waals surface area (Å²) < 4.78 is 5.20. The van der Waals surface area contributed by atoms with E-state index in [1.165, 1.54) is 5.56 Å². The Morgan fingerprint density at radius 1 is 1.23 bits per heavy atom. The Morgan fingerprint density at radius 3 is 2.82 bits per heavy atom. The molecule has 0 bridgehead atoms. The Morgan fingerprint density at radius 2 is 2.05 bits per heavy atom. The highest BCUT2D eigenvalue weighted by molar-refractivity contribution is 5.41. The lowest BCUT2D eigenvalue weighted by molar-refractivity contribution is 0.158. The molecule has 3 rings (SSSR count). The van der Waals surface area contributed by atoms with Gasteiger partial charge in [0.05, 0.1) is 19.3 Å². The fourth-order valence-corrected chi connectivity index (χ4v) is 3.19. The summed E-state index contributed by atoms with van der Waals surface area (Å²) in [5.41, 5.74) is 2.75. The third-order valence-electron chi connectivity index (χ3n) is 4.53. The zero-order valence-electron chi connectivity index (χ0n) is 12.7. The van der Waals surface area contributed by atoms with Crippen LogP contribution in [0.1, 0.15) is 23.1 Å². The number of phenols is 1. The lowest BCUT2D eigenvalue weighted by Gasteiger charge is -2.30. The molecule has 0 aliphatic heterocycles. The first-order valence-corrected chi connectivity index (χ1v) is 7.49. The summed E-state index contributed by atoms with van der Waals surface area (Å²) in [6, 6.07) is 13.4. The van der Waals surface area contributed by atoms with Crippen molar-refractivity contribution in [1.29, 1.82) is 0 Å². The van der Waals surface area contributed by atoms with Gasteiger partial charge >= 0.3 is 0 Å². The Bertz CT molecular complexity index is 671. The first-order valence-electron chi connectivity index (χ1n) is 7.49. The number of fused-ring (bicyclic) bond motifs is 1. The number of phenolic OH excluding ortho intramolecular Hbond substituents is 1. The van der Waals surface area contributed by atoms with E-state index in [0.717, 1.165) is 24.0 Å². The maximum atomic E-state index is 10.00. The van der Waals surface area contributed by atoms with Crippen molar-refractivity contribution in [2.24, 2.45) is 0 Å². The van der Waals surface area contributed by atoms with Crippen LogP contribution < -0.4 is 10.1 Å². The van der Waals surface area contributed by atoms with Gasteiger partial charge in [0.25, 0.3) is 0 Å². The molecule has 4 nitrogen and oxygen atoms in total. The van der Waals surface area contributed by atoms with Crippen molar-refractivity contribution >= 4 is 0 Å². The average molecular weight is 299 g/mol. The Labute approximate surface area is 130 Å². The molecule has 0 spiro atoms. The van der Waals surface area contributed by atoms with Gasteiger partial charge < -0.3 is 20.3 Å². The van der Waals surface area contributed by atoms with E-state index in [2.05, 4.69) is 17.4 Å². The molecule has 1 unspecified atom stereocenters. The number of benzene rings is 2. The summed E-state index contributed by atoms with van der Waals surface area (Å²) in [5, 5.41) is 23.4. The standard InChI is InChI=1S/C18H21NO3/c1-22-15-6-7-17(21)14(10-15)11-19-18(12-20)9-8-13-4-2-3-5-16(13)18/h2-7,10,19-21H,8-9,11-12H2,1H3. The second-order valence-corrected chi connectivity index (χ2v) is 5.75. The minimum atomic E-state index is -0.438. The highest BCUT2D eigenvalue weighted by Gasteiger charge is 2.37. The van der Waals surface area contributed by atoms with Crippen LogP contribution in [-0.2, 0) is 18.5 Å². The number of aromatic hydroxyl groups is 1. The average Bonchev–Trinajstić information content (AvgIpc) is 2.94. The molecular weight excluding hydrogens is 278 g/mol. The molecule has 0 heterocycles. The zero-order valence-corrected chi connectivity index (χ0v) is 12.7. The number of ether oxygens (including phenoxy) is 1. The summed E-state index contributed by atoms with van der Waals surface area (Å²) in [5.74, 6) is 0.937. The summed E-state index contributed by atoms with van der Waals surface area (Å²) in [6.45, 7) is 0.507. The molecule has 0 fully saturated rings. The molecule has 3 N–H and O–H groups in total. The summed E-state index contributed by atoms with van der Waals surface area (Å²) in [6.07, 6.45) is 1.81. The molecule has 1 atom stereocenters. The second kappa shape index (κ2) is 5.99. The van der Waals surface area contributed by atoms with Crippen molar-refractivity contribution in [2.75, 3.05) is 13.7 Å². The largest absolute Gasteiger partial charge is 0.508 e. The van der Waals surface area contributed by atoms with Gasteiger partial charge in [-0.25, -0.2) is 0 Å². The summed E-state index contributed by atoms with van der Waals surface area (Å²) in [4.78, 5) is 0. The van der Waals surface area contributed by atoms with E-state index < -0.39 is 5.54 Å². The van der Waals surface area contributed by atoms with Gasteiger partial charge in [-0.2, -0.15) is 0 Å². The molecule has 4 heteroatoms. The Kier molecular flexibility index (Phi) is 4.05. The van der Waals surface area contributed by atoms with E-state index in [-0.39, 0.29) is 12.4 Å². The number of aliphatic hydroxyl groups is 1. The van der Waals surface area contributed by atoms with Crippen molar-refractivity contribution in [1.82, 2.24) is 5.32 Å². The molecular formula is C18H21NO3. The maximum Gasteiger partial charge on any atom is 0.120 e. The fourth-order valence-electron chi connectivity index (χ4n) is 3.19. The van der Waals surface area contributed by atoms with E-state index in [0.29, 0.717) is 12.3 Å². The van der Waals surface area contributed by atoms with Crippen LogP contribution in [-0.4, -0.2) is 23.9 Å². The fraction of sp³-hybridized carbons (Fsp3) is 0.333. The van der Waals surface area contributed by atoms with Crippen molar-refractivity contribution in [3.05, 3.63) is 59.2 Å². The van der Waals surface area contributed by atoms with Crippen LogP contribution in [0, 0.1) is 0 Å². The molecule has 2 aromatic carbocycles. The molecule has 0 aromatic heterocycles. The lowest BCUT2D eigenvalue weighted by Crippen LogP contribution is -2.43. The predicted octanol–water partition coefficient (Wildman–Crippen LogP) is 2.32. The topological polar surface area (TPSA) is 61.7 Å². The van der Waals surface area contributed by atoms with Gasteiger partial charge in [0.15, 0.2) is 0 Å². The predicted molar refractivity (Wildman–Crippen MR) is 85.0 cm³/mol.